The third-order valence-electron chi connectivity index (χ3n) is 6.24. The summed E-state index contributed by atoms with van der Waals surface area (Å²) >= 11 is 0. The summed E-state index contributed by atoms with van der Waals surface area (Å²) in [6.07, 6.45) is 12.8. The number of carbonyl (C=O) groups excluding carboxylic acids is 1. The van der Waals surface area contributed by atoms with Crippen LogP contribution in [-0.2, 0) is 24.4 Å². The minimum absolute atomic E-state index is 0.223. The number of benzene rings is 1. The van der Waals surface area contributed by atoms with E-state index in [1.807, 2.05) is 35.1 Å². The highest BCUT2D eigenvalue weighted by molar-refractivity contribution is 5.74. The summed E-state index contributed by atoms with van der Waals surface area (Å²) in [5.74, 6) is 0. The van der Waals surface area contributed by atoms with Crippen LogP contribution in [0.5, 0.6) is 0 Å². The fourth-order valence-electron chi connectivity index (χ4n) is 4.36. The van der Waals surface area contributed by atoms with E-state index in [2.05, 4.69) is 50.7 Å². The Morgan fingerprint density at radius 3 is 2.86 bits per heavy atom. The van der Waals surface area contributed by atoms with Gasteiger partial charge in [0.25, 0.3) is 0 Å². The summed E-state index contributed by atoms with van der Waals surface area (Å²) in [6.45, 7) is 7.74. The van der Waals surface area contributed by atoms with Crippen molar-refractivity contribution in [2.75, 3.05) is 25.4 Å². The average Bonchev–Trinajstić information content (AvgIpc) is 3.52. The Labute approximate surface area is 206 Å². The lowest BCUT2D eigenvalue weighted by molar-refractivity contribution is 0.141. The number of ether oxygens (including phenoxy) is 1. The topological polar surface area (TPSA) is 110 Å². The summed E-state index contributed by atoms with van der Waals surface area (Å²) < 4.78 is 7.67. The molecule has 2 aliphatic rings. The van der Waals surface area contributed by atoms with Crippen molar-refractivity contribution in [3.63, 3.8) is 0 Å². The molecule has 1 fully saturated rings. The molecule has 1 saturated heterocycles. The normalized spacial score (nSPS) is 17.3. The molecule has 1 aliphatic heterocycles. The van der Waals surface area contributed by atoms with Crippen LogP contribution in [-0.4, -0.2) is 51.7 Å². The number of urea groups is 1. The van der Waals surface area contributed by atoms with Crippen LogP contribution in [0, 0.1) is 0 Å². The molecule has 9 nitrogen and oxygen atoms in total. The fraction of sp³-hybridized carbons (Fsp3) is 0.423. The molecule has 4 rings (SSSR count). The van der Waals surface area contributed by atoms with Gasteiger partial charge in [-0.25, -0.2) is 4.79 Å². The Bertz CT molecular complexity index is 1060. The lowest BCUT2D eigenvalue weighted by Gasteiger charge is -2.28. The second kappa shape index (κ2) is 12.2. The smallest absolute Gasteiger partial charge is 0.315 e. The maximum atomic E-state index is 12.2. The van der Waals surface area contributed by atoms with Crippen LogP contribution in [0.1, 0.15) is 36.9 Å². The van der Waals surface area contributed by atoms with Crippen LogP contribution < -0.4 is 16.4 Å². The zero-order valence-electron chi connectivity index (χ0n) is 20.2. The highest BCUT2D eigenvalue weighted by atomic mass is 16.5. The van der Waals surface area contributed by atoms with Gasteiger partial charge in [0.05, 0.1) is 32.5 Å². The number of likely N-dealkylation sites (tertiary alicyclic amines) is 1. The van der Waals surface area contributed by atoms with Crippen molar-refractivity contribution in [1.82, 2.24) is 30.5 Å². The van der Waals surface area contributed by atoms with E-state index in [0.29, 0.717) is 32.0 Å². The first-order valence-corrected chi connectivity index (χ1v) is 12.2. The number of carbonyl (C=O) groups is 1. The molecule has 1 aromatic heterocycles. The van der Waals surface area contributed by atoms with Gasteiger partial charge in [-0.05, 0) is 49.0 Å². The molecule has 4 N–H and O–H groups in total. The van der Waals surface area contributed by atoms with E-state index in [1.54, 1.807) is 0 Å². The molecule has 0 radical (unpaired) electrons. The summed E-state index contributed by atoms with van der Waals surface area (Å²) in [7, 11) is 0. The van der Waals surface area contributed by atoms with Crippen LogP contribution >= 0.6 is 0 Å². The fourth-order valence-corrected chi connectivity index (χ4v) is 4.36. The monoisotopic (exact) mass is 477 g/mol. The van der Waals surface area contributed by atoms with Gasteiger partial charge < -0.3 is 26.0 Å². The quantitative estimate of drug-likeness (QED) is 0.429. The molecule has 0 unspecified atom stereocenters. The number of allylic oxidation sites excluding steroid dienone is 2. The summed E-state index contributed by atoms with van der Waals surface area (Å²) in [6, 6.07) is 7.49. The van der Waals surface area contributed by atoms with Crippen LogP contribution in [0.4, 0.5) is 10.5 Å². The maximum absolute atomic E-state index is 12.2. The Kier molecular flexibility index (Phi) is 8.56. The van der Waals surface area contributed by atoms with E-state index in [0.717, 1.165) is 55.7 Å². The summed E-state index contributed by atoms with van der Waals surface area (Å²) in [5.41, 5.74) is 10.3. The van der Waals surface area contributed by atoms with Crippen molar-refractivity contribution in [2.24, 2.45) is 0 Å². The Balaban J connectivity index is 1.18. The van der Waals surface area contributed by atoms with E-state index in [9.17, 15) is 4.79 Å². The number of nitrogens with two attached hydrogens (primary N) is 1. The van der Waals surface area contributed by atoms with Gasteiger partial charge in [-0.1, -0.05) is 42.2 Å². The molecule has 186 valence electrons. The molecular formula is C26H35N7O2. The van der Waals surface area contributed by atoms with Crippen LogP contribution in [0.15, 0.2) is 66.5 Å². The van der Waals surface area contributed by atoms with Gasteiger partial charge in [-0.2, -0.15) is 0 Å². The van der Waals surface area contributed by atoms with Crippen molar-refractivity contribution in [3.05, 3.63) is 77.8 Å². The van der Waals surface area contributed by atoms with Crippen molar-refractivity contribution < 1.29 is 9.53 Å². The van der Waals surface area contributed by atoms with Crippen molar-refractivity contribution in [3.8, 4) is 0 Å². The molecule has 9 heteroatoms. The van der Waals surface area contributed by atoms with E-state index >= 15 is 0 Å². The number of nitrogens with zero attached hydrogens (tertiary/aromatic N) is 4. The van der Waals surface area contributed by atoms with Crippen LogP contribution in [0.3, 0.4) is 0 Å². The zero-order chi connectivity index (χ0) is 24.5. The second-order valence-electron chi connectivity index (χ2n) is 9.02. The third-order valence-corrected chi connectivity index (χ3v) is 6.24. The van der Waals surface area contributed by atoms with Crippen molar-refractivity contribution >= 4 is 11.7 Å². The first-order chi connectivity index (χ1) is 17.1. The van der Waals surface area contributed by atoms with Crippen molar-refractivity contribution in [1.29, 1.82) is 0 Å². The van der Waals surface area contributed by atoms with E-state index in [1.165, 1.54) is 5.57 Å². The SMILES string of the molecule is C=C(CNC(=O)NCc1ccc(N)cc1)N1CCC[C@@H]1Cn1cc(COCC2=CCCC=C2)nn1. The van der Waals surface area contributed by atoms with E-state index < -0.39 is 0 Å². The number of nitrogen functional groups attached to an aromatic ring is 1. The summed E-state index contributed by atoms with van der Waals surface area (Å²) in [5, 5.41) is 14.3. The number of nitrogens with one attached hydrogen (secondary N) is 2. The largest absolute Gasteiger partial charge is 0.399 e. The molecule has 1 atom stereocenters. The maximum Gasteiger partial charge on any atom is 0.315 e. The lowest BCUT2D eigenvalue weighted by Crippen LogP contribution is -2.40. The molecule has 2 aromatic rings. The van der Waals surface area contributed by atoms with Crippen LogP contribution in [0.2, 0.25) is 0 Å². The molecule has 35 heavy (non-hydrogen) atoms. The number of anilines is 1. The second-order valence-corrected chi connectivity index (χ2v) is 9.02. The third kappa shape index (κ3) is 7.45. The number of hydrogen-bond donors (Lipinski definition) is 3. The number of amides is 2. The Hall–Kier alpha value is -3.59. The van der Waals surface area contributed by atoms with Gasteiger partial charge in [0.15, 0.2) is 0 Å². The van der Waals surface area contributed by atoms with Gasteiger partial charge in [-0.15, -0.1) is 5.10 Å². The number of rotatable bonds is 11. The van der Waals surface area contributed by atoms with Crippen molar-refractivity contribution in [2.45, 2.75) is 51.4 Å². The standard InChI is InChI=1S/C26H35N7O2/c1-20(14-28-26(34)29-15-21-9-11-23(27)12-10-21)33-13-5-8-25(33)17-32-16-24(30-31-32)19-35-18-22-6-3-2-4-7-22/h3,6-7,9-12,16,25H,1-2,4-5,8,13-15,17-19,27H2,(H2,28,29,34)/t25-/m1/s1. The molecular weight excluding hydrogens is 442 g/mol. The van der Waals surface area contributed by atoms with Gasteiger partial charge in [-0.3, -0.25) is 4.68 Å². The number of hydrogen-bond acceptors (Lipinski definition) is 6. The highest BCUT2D eigenvalue weighted by Crippen LogP contribution is 2.22. The average molecular weight is 478 g/mol. The Morgan fingerprint density at radius 1 is 1.20 bits per heavy atom. The first-order valence-electron chi connectivity index (χ1n) is 12.2. The molecule has 2 heterocycles. The van der Waals surface area contributed by atoms with Crippen LogP contribution in [0.25, 0.3) is 0 Å². The molecule has 0 bridgehead atoms. The van der Waals surface area contributed by atoms with Gasteiger partial charge >= 0.3 is 6.03 Å². The highest BCUT2D eigenvalue weighted by Gasteiger charge is 2.26. The Morgan fingerprint density at radius 2 is 2.06 bits per heavy atom. The zero-order valence-corrected chi connectivity index (χ0v) is 20.2. The molecule has 2 amide bonds. The van der Waals surface area contributed by atoms with Gasteiger partial charge in [0, 0.05) is 30.5 Å². The minimum atomic E-state index is -0.223. The first kappa shape index (κ1) is 24.5. The lowest BCUT2D eigenvalue weighted by atomic mass is 10.1. The molecule has 1 aliphatic carbocycles. The van der Waals surface area contributed by atoms with Gasteiger partial charge in [0.2, 0.25) is 0 Å². The predicted molar refractivity (Wildman–Crippen MR) is 136 cm³/mol. The minimum Gasteiger partial charge on any atom is -0.399 e. The number of aromatic nitrogens is 3. The molecule has 0 spiro atoms. The molecule has 1 aromatic carbocycles. The molecule has 0 saturated carbocycles. The predicted octanol–water partition coefficient (Wildman–Crippen LogP) is 3.13. The van der Waals surface area contributed by atoms with Gasteiger partial charge in [0.1, 0.15) is 5.69 Å². The summed E-state index contributed by atoms with van der Waals surface area (Å²) in [4.78, 5) is 14.5. The van der Waals surface area contributed by atoms with E-state index in [-0.39, 0.29) is 12.1 Å². The van der Waals surface area contributed by atoms with E-state index in [4.69, 9.17) is 10.5 Å².